The molecule has 0 aliphatic heterocycles. The summed E-state index contributed by atoms with van der Waals surface area (Å²) in [5.74, 6) is -1.61. The predicted octanol–water partition coefficient (Wildman–Crippen LogP) is 24.4. The van der Waals surface area contributed by atoms with E-state index in [0.29, 0.717) is 19.3 Å². The summed E-state index contributed by atoms with van der Waals surface area (Å²) in [7, 11) is -9.81. The molecule has 4 N–H and O–H groups in total. The van der Waals surface area contributed by atoms with Gasteiger partial charge >= 0.3 is 33.6 Å². The number of hydrogen-bond acceptors (Lipinski definition) is 14. The van der Waals surface area contributed by atoms with E-state index in [9.17, 15) is 43.5 Å². The molecular weight excluding hydrogens is 1360 g/mol. The van der Waals surface area contributed by atoms with Gasteiger partial charge in [0.1, 0.15) is 25.4 Å². The highest BCUT2D eigenvalue weighted by molar-refractivity contribution is 7.47. The molecule has 5 atom stereocenters. The predicted molar refractivity (Wildman–Crippen MR) is 436 cm³/mol. The van der Waals surface area contributed by atoms with Crippen LogP contribution in [0.3, 0.4) is 0 Å². The van der Waals surface area contributed by atoms with Crippen LogP contribution in [0.15, 0.2) is 146 Å². The van der Waals surface area contributed by atoms with E-state index in [2.05, 4.69) is 167 Å². The van der Waals surface area contributed by atoms with Crippen molar-refractivity contribution in [1.29, 1.82) is 0 Å². The molecule has 0 fully saturated rings. The molecule has 0 spiro atoms. The first-order valence-electron chi connectivity index (χ1n) is 41.1. The zero-order valence-electron chi connectivity index (χ0n) is 65.9. The fourth-order valence-electron chi connectivity index (χ4n) is 10.8. The zero-order valence-corrected chi connectivity index (χ0v) is 67.6. The monoisotopic (exact) mass is 1510 g/mol. The van der Waals surface area contributed by atoms with Crippen molar-refractivity contribution in [2.75, 3.05) is 39.6 Å². The van der Waals surface area contributed by atoms with Crippen LogP contribution >= 0.6 is 15.6 Å². The van der Waals surface area contributed by atoms with Crippen molar-refractivity contribution in [2.24, 2.45) is 0 Å². The van der Waals surface area contributed by atoms with E-state index >= 15 is 0 Å². The number of allylic oxidation sites excluding steroid dienone is 24. The Balaban J connectivity index is 4.65. The zero-order chi connectivity index (χ0) is 76.6. The van der Waals surface area contributed by atoms with Gasteiger partial charge < -0.3 is 34.2 Å². The van der Waals surface area contributed by atoms with E-state index in [1.165, 1.54) is 96.3 Å². The Labute approximate surface area is 638 Å². The SMILES string of the molecule is CC/C=C\C/C=C\C/C=C\C/C=C\CCCCCCCCC(=O)OC(COC(=O)CCCCCCCCC/C=C\C/C=C\C/C=C\C/C=C\CCCCC)COP(=O)(O)OCC(O)COP(=O)(O)OCC(O)COC(=O)CCCCCCCCCCCCC/C=C\C/C=C\C/C=C\C/C=C\CCCCC. The molecule has 0 aliphatic rings. The lowest BCUT2D eigenvalue weighted by molar-refractivity contribution is -0.161. The van der Waals surface area contributed by atoms with Crippen molar-refractivity contribution < 1.29 is 75.8 Å². The second-order valence-corrected chi connectivity index (χ2v) is 30.1. The van der Waals surface area contributed by atoms with Crippen LogP contribution < -0.4 is 0 Å². The fourth-order valence-corrected chi connectivity index (χ4v) is 12.4. The van der Waals surface area contributed by atoms with Crippen LogP contribution in [-0.4, -0.2) is 95.9 Å². The highest BCUT2D eigenvalue weighted by atomic mass is 31.2. The third-order valence-electron chi connectivity index (χ3n) is 17.0. The summed E-state index contributed by atoms with van der Waals surface area (Å²) in [6.07, 6.45) is 97.3. The first-order chi connectivity index (χ1) is 51.2. The Morgan fingerprint density at radius 2 is 0.505 bits per heavy atom. The summed E-state index contributed by atoms with van der Waals surface area (Å²) >= 11 is 0. The minimum absolute atomic E-state index is 0.0815. The van der Waals surface area contributed by atoms with Crippen LogP contribution in [0.5, 0.6) is 0 Å². The largest absolute Gasteiger partial charge is 0.472 e. The number of ether oxygens (including phenoxy) is 3. The molecule has 5 unspecified atom stereocenters. The summed E-state index contributed by atoms with van der Waals surface area (Å²) in [6.45, 7) is 2.50. The Kier molecular flexibility index (Phi) is 75.6. The summed E-state index contributed by atoms with van der Waals surface area (Å²) in [4.78, 5) is 58.8. The first kappa shape index (κ1) is 100. The number of hydrogen-bond donors (Lipinski definition) is 4. The van der Waals surface area contributed by atoms with Crippen LogP contribution in [0, 0.1) is 0 Å². The third kappa shape index (κ3) is 80.3. The quantitative estimate of drug-likeness (QED) is 0.0146. The molecule has 18 heteroatoms. The Morgan fingerprint density at radius 3 is 0.800 bits per heavy atom. The van der Waals surface area contributed by atoms with Crippen molar-refractivity contribution >= 4 is 33.6 Å². The molecule has 602 valence electrons. The molecule has 0 rings (SSSR count). The maximum Gasteiger partial charge on any atom is 0.472 e. The molecule has 0 bridgehead atoms. The molecule has 16 nitrogen and oxygen atoms in total. The van der Waals surface area contributed by atoms with Crippen LogP contribution in [0.25, 0.3) is 0 Å². The van der Waals surface area contributed by atoms with E-state index in [1.807, 2.05) is 0 Å². The highest BCUT2D eigenvalue weighted by Gasteiger charge is 2.29. The number of carbonyl (C=O) groups is 3. The average molecular weight is 1510 g/mol. The van der Waals surface area contributed by atoms with Crippen molar-refractivity contribution in [3.63, 3.8) is 0 Å². The van der Waals surface area contributed by atoms with Crippen molar-refractivity contribution in [3.8, 4) is 0 Å². The molecule has 0 radical (unpaired) electrons. The van der Waals surface area contributed by atoms with Gasteiger partial charge in [-0.3, -0.25) is 32.5 Å². The van der Waals surface area contributed by atoms with E-state index in [1.54, 1.807) is 0 Å². The molecule has 0 saturated carbocycles. The summed E-state index contributed by atoms with van der Waals surface area (Å²) < 4.78 is 61.3. The summed E-state index contributed by atoms with van der Waals surface area (Å²) in [5, 5.41) is 20.7. The number of esters is 3. The minimum atomic E-state index is -4.95. The van der Waals surface area contributed by atoms with Crippen molar-refractivity contribution in [3.05, 3.63) is 146 Å². The summed E-state index contributed by atoms with van der Waals surface area (Å²) in [6, 6.07) is 0. The number of aliphatic hydroxyl groups is 2. The number of rotatable bonds is 77. The maximum atomic E-state index is 13.0. The molecule has 0 saturated heterocycles. The number of aliphatic hydroxyl groups excluding tert-OH is 2. The molecule has 0 aromatic carbocycles. The van der Waals surface area contributed by atoms with E-state index in [4.69, 9.17) is 32.3 Å². The van der Waals surface area contributed by atoms with Gasteiger partial charge in [0, 0.05) is 19.3 Å². The van der Waals surface area contributed by atoms with Gasteiger partial charge in [0.05, 0.1) is 26.4 Å². The highest BCUT2D eigenvalue weighted by Crippen LogP contribution is 2.45. The molecule has 0 amide bonds. The van der Waals surface area contributed by atoms with Gasteiger partial charge in [-0.1, -0.05) is 308 Å². The second-order valence-electron chi connectivity index (χ2n) is 27.2. The van der Waals surface area contributed by atoms with Crippen LogP contribution in [0.2, 0.25) is 0 Å². The number of phosphoric acid groups is 2. The molecular formula is C87H148O16P2. The van der Waals surface area contributed by atoms with Gasteiger partial charge in [-0.2, -0.15) is 0 Å². The van der Waals surface area contributed by atoms with E-state index < -0.39 is 91.5 Å². The molecule has 105 heavy (non-hydrogen) atoms. The Morgan fingerprint density at radius 1 is 0.276 bits per heavy atom. The van der Waals surface area contributed by atoms with Gasteiger partial charge in [0.25, 0.3) is 0 Å². The number of phosphoric ester groups is 2. The topological polar surface area (TPSA) is 231 Å². The van der Waals surface area contributed by atoms with Gasteiger partial charge in [0.2, 0.25) is 0 Å². The molecule has 0 aliphatic carbocycles. The van der Waals surface area contributed by atoms with Crippen molar-refractivity contribution in [2.45, 2.75) is 347 Å². The van der Waals surface area contributed by atoms with Crippen LogP contribution in [0.1, 0.15) is 329 Å². The smallest absolute Gasteiger partial charge is 0.463 e. The van der Waals surface area contributed by atoms with Crippen LogP contribution in [-0.2, 0) is 55.8 Å². The average Bonchev–Trinajstić information content (AvgIpc) is 0.916. The number of unbranched alkanes of at least 4 members (excludes halogenated alkanes) is 30. The first-order valence-corrected chi connectivity index (χ1v) is 44.1. The Bertz CT molecular complexity index is 2490. The Hall–Kier alpha value is -4.57. The minimum Gasteiger partial charge on any atom is -0.463 e. The maximum absolute atomic E-state index is 13.0. The van der Waals surface area contributed by atoms with Gasteiger partial charge in [-0.05, 0) is 148 Å². The normalized spacial score (nSPS) is 14.7. The van der Waals surface area contributed by atoms with Gasteiger partial charge in [0.15, 0.2) is 6.10 Å². The lowest BCUT2D eigenvalue weighted by atomic mass is 10.0. The standard InChI is InChI=1S/C87H148O16P2/c1-4-7-10-13-16-19-22-25-28-31-34-36-38-39-40-41-43-45-47-49-52-55-58-61-64-67-70-73-85(90)97-76-82(88)77-99-104(93,94)100-78-83(89)79-101-105(95,96)102-81-84(103-87(92)75-72-69-66-63-60-57-54-51-46-33-30-27-24-21-18-15-12-9-6-3)80-98-86(91)74-71-68-65-62-59-56-53-50-48-44-42-37-35-32-29-26-23-20-17-14-11-8-5-2/h9,12,16-21,25-30,34-37,39-40,44,46,48,51,82-84,88-89H,4-8,10-11,13-15,22-24,31-33,38,41-43,45,47,49-50,52-81H2,1-3H3,(H,93,94)(H,95,96)/b12-9-,19-16-,20-17-,21-18-,28-25-,29-26-,30-27-,36-34-,37-35-,40-39-,48-44-,51-46-. The van der Waals surface area contributed by atoms with Crippen molar-refractivity contribution in [1.82, 2.24) is 0 Å². The van der Waals surface area contributed by atoms with E-state index in [-0.39, 0.29) is 19.3 Å². The lowest BCUT2D eigenvalue weighted by Gasteiger charge is -2.21. The second kappa shape index (κ2) is 79.0. The van der Waals surface area contributed by atoms with Gasteiger partial charge in [-0.25, -0.2) is 9.13 Å². The van der Waals surface area contributed by atoms with E-state index in [0.717, 1.165) is 173 Å². The van der Waals surface area contributed by atoms with Gasteiger partial charge in [-0.15, -0.1) is 0 Å². The molecule has 0 aromatic heterocycles. The molecule has 0 heterocycles. The third-order valence-corrected chi connectivity index (χ3v) is 18.9. The van der Waals surface area contributed by atoms with Crippen LogP contribution in [0.4, 0.5) is 0 Å². The number of carbonyl (C=O) groups excluding carboxylic acids is 3. The summed E-state index contributed by atoms with van der Waals surface area (Å²) in [5.41, 5.74) is 0. The fraction of sp³-hybridized carbons (Fsp3) is 0.690. The lowest BCUT2D eigenvalue weighted by Crippen LogP contribution is -2.30. The molecule has 0 aromatic rings.